The Balaban J connectivity index is 1.26. The van der Waals surface area contributed by atoms with Gasteiger partial charge < -0.3 is 4.90 Å². The van der Waals surface area contributed by atoms with Crippen molar-refractivity contribution >= 4 is 43.2 Å². The number of rotatable bonds is 3. The molecule has 0 saturated heterocycles. The minimum Gasteiger partial charge on any atom is -0.316 e. The summed E-state index contributed by atoms with van der Waals surface area (Å²) < 4.78 is 2.36. The lowest BCUT2D eigenvalue weighted by Crippen LogP contribution is -2.24. The van der Waals surface area contributed by atoms with Gasteiger partial charge in [-0.15, -0.1) is 11.3 Å². The van der Waals surface area contributed by atoms with Crippen LogP contribution < -0.4 is 0 Å². The van der Waals surface area contributed by atoms with Crippen LogP contribution in [0.15, 0.2) is 126 Å². The highest BCUT2D eigenvalue weighted by Gasteiger charge is 2.46. The van der Waals surface area contributed by atoms with Crippen LogP contribution in [0.5, 0.6) is 0 Å². The molecule has 0 radical (unpaired) electrons. The van der Waals surface area contributed by atoms with Crippen molar-refractivity contribution in [1.82, 2.24) is 14.9 Å². The van der Waals surface area contributed by atoms with E-state index in [2.05, 4.69) is 120 Å². The van der Waals surface area contributed by atoms with Crippen molar-refractivity contribution in [2.45, 2.75) is 12.1 Å². The number of hydrogen-bond donors (Lipinski definition) is 0. The fraction of sp³-hybridized carbons (Fsp3) is 0.0571. The Morgan fingerprint density at radius 1 is 0.750 bits per heavy atom. The Morgan fingerprint density at radius 2 is 1.55 bits per heavy atom. The zero-order chi connectivity index (χ0) is 26.2. The highest BCUT2D eigenvalue weighted by atomic mass is 32.1. The van der Waals surface area contributed by atoms with Crippen LogP contribution >= 0.6 is 11.3 Å². The summed E-state index contributed by atoms with van der Waals surface area (Å²) >= 11 is 1.77. The van der Waals surface area contributed by atoms with E-state index in [0.29, 0.717) is 0 Å². The van der Waals surface area contributed by atoms with E-state index in [1.54, 1.807) is 11.3 Å². The van der Waals surface area contributed by atoms with Crippen LogP contribution in [0.25, 0.3) is 48.6 Å². The predicted molar refractivity (Wildman–Crippen MR) is 164 cm³/mol. The van der Waals surface area contributed by atoms with Crippen LogP contribution in [-0.4, -0.2) is 20.7 Å². The average Bonchev–Trinajstić information content (AvgIpc) is 3.70. The van der Waals surface area contributed by atoms with Crippen molar-refractivity contribution < 1.29 is 0 Å². The Bertz CT molecular complexity index is 2070. The largest absolute Gasteiger partial charge is 0.316 e. The van der Waals surface area contributed by atoms with Gasteiger partial charge in [-0.25, -0.2) is 9.97 Å². The number of benzene rings is 4. The van der Waals surface area contributed by atoms with E-state index in [0.717, 1.165) is 38.7 Å². The number of aliphatic imine (C=N–C) groups is 1. The number of allylic oxidation sites excluding steroid dienone is 2. The van der Waals surface area contributed by atoms with Gasteiger partial charge in [0.2, 0.25) is 0 Å². The molecule has 0 amide bonds. The molecule has 2 atom stereocenters. The molecule has 2 unspecified atom stereocenters. The van der Waals surface area contributed by atoms with E-state index < -0.39 is 0 Å². The first-order valence-corrected chi connectivity index (χ1v) is 14.3. The summed E-state index contributed by atoms with van der Waals surface area (Å²) in [5.74, 6) is 1.79. The lowest BCUT2D eigenvalue weighted by atomic mass is 9.92. The van der Waals surface area contributed by atoms with Crippen LogP contribution in [0.4, 0.5) is 0 Å². The van der Waals surface area contributed by atoms with Crippen molar-refractivity contribution in [3.63, 3.8) is 0 Å². The summed E-state index contributed by atoms with van der Waals surface area (Å²) in [6.45, 7) is 0. The summed E-state index contributed by atoms with van der Waals surface area (Å²) in [4.78, 5) is 18.0. The molecule has 0 bridgehead atoms. The third kappa shape index (κ3) is 3.09. The minimum atomic E-state index is 0.0305. The zero-order valence-electron chi connectivity index (χ0n) is 21.4. The lowest BCUT2D eigenvalue weighted by molar-refractivity contribution is 0.433. The van der Waals surface area contributed by atoms with Gasteiger partial charge in [-0.05, 0) is 35.4 Å². The molecule has 4 aromatic carbocycles. The van der Waals surface area contributed by atoms with E-state index in [1.165, 1.54) is 32.5 Å². The second-order valence-corrected chi connectivity index (χ2v) is 11.5. The van der Waals surface area contributed by atoms with Gasteiger partial charge in [0, 0.05) is 26.8 Å². The summed E-state index contributed by atoms with van der Waals surface area (Å²) in [5, 5.41) is 1.18. The van der Waals surface area contributed by atoms with Crippen LogP contribution in [0.2, 0.25) is 0 Å². The fourth-order valence-corrected chi connectivity index (χ4v) is 7.54. The first-order valence-electron chi connectivity index (χ1n) is 13.5. The second-order valence-electron chi connectivity index (χ2n) is 10.4. The highest BCUT2D eigenvalue weighted by molar-refractivity contribution is 7.26. The smallest absolute Gasteiger partial charge is 0.160 e. The maximum atomic E-state index is 5.22. The first-order chi connectivity index (χ1) is 19.8. The van der Waals surface area contributed by atoms with E-state index in [1.807, 2.05) is 6.07 Å². The molecule has 5 heteroatoms. The van der Waals surface area contributed by atoms with Gasteiger partial charge in [-0.3, -0.25) is 4.99 Å². The van der Waals surface area contributed by atoms with Gasteiger partial charge in [-0.1, -0.05) is 97.1 Å². The summed E-state index contributed by atoms with van der Waals surface area (Å²) in [7, 11) is 0. The molecular formula is C35H22N4S. The normalized spacial score (nSPS) is 18.6. The molecule has 0 N–H and O–H groups in total. The van der Waals surface area contributed by atoms with Crippen molar-refractivity contribution in [2.24, 2.45) is 4.99 Å². The molecule has 0 saturated carbocycles. The summed E-state index contributed by atoms with van der Waals surface area (Å²) in [6.07, 6.45) is 6.44. The third-order valence-electron chi connectivity index (χ3n) is 8.17. The van der Waals surface area contributed by atoms with Crippen molar-refractivity contribution in [3.8, 4) is 22.6 Å². The van der Waals surface area contributed by atoms with Crippen molar-refractivity contribution in [3.05, 3.63) is 138 Å². The van der Waals surface area contributed by atoms with Gasteiger partial charge >= 0.3 is 0 Å². The zero-order valence-corrected chi connectivity index (χ0v) is 22.2. The van der Waals surface area contributed by atoms with Crippen molar-refractivity contribution in [2.75, 3.05) is 0 Å². The van der Waals surface area contributed by atoms with Crippen LogP contribution in [-0.2, 0) is 0 Å². The van der Waals surface area contributed by atoms with Crippen molar-refractivity contribution in [1.29, 1.82) is 0 Å². The van der Waals surface area contributed by atoms with Gasteiger partial charge in [0.1, 0.15) is 11.9 Å². The second kappa shape index (κ2) is 8.31. The fourth-order valence-electron chi connectivity index (χ4n) is 6.39. The van der Waals surface area contributed by atoms with Crippen LogP contribution in [0, 0.1) is 0 Å². The Labute approximate surface area is 235 Å². The summed E-state index contributed by atoms with van der Waals surface area (Å²) in [6, 6.07) is 36.5. The SMILES string of the molecule is C1=CC2=NC(c3ccccc3)C3c4cc(-c5nc(-c6ccccc6)c6sc7ccccc7c6n5)ccc4C(=C1)N23. The Hall–Kier alpha value is -4.87. The highest BCUT2D eigenvalue weighted by Crippen LogP contribution is 2.54. The molecule has 4 nitrogen and oxygen atoms in total. The Kier molecular flexibility index (Phi) is 4.57. The van der Waals surface area contributed by atoms with Gasteiger partial charge in [0.25, 0.3) is 0 Å². The van der Waals surface area contributed by atoms with E-state index in [9.17, 15) is 0 Å². The van der Waals surface area contributed by atoms with Crippen LogP contribution in [0.3, 0.4) is 0 Å². The predicted octanol–water partition coefficient (Wildman–Crippen LogP) is 8.60. The number of fused-ring (bicyclic) bond motifs is 6. The molecule has 3 aliphatic rings. The topological polar surface area (TPSA) is 41.4 Å². The Morgan fingerprint density at radius 3 is 2.42 bits per heavy atom. The van der Waals surface area contributed by atoms with E-state index in [-0.39, 0.29) is 12.1 Å². The molecular weight excluding hydrogens is 508 g/mol. The molecule has 40 heavy (non-hydrogen) atoms. The molecule has 188 valence electrons. The van der Waals surface area contributed by atoms with Gasteiger partial charge in [0.05, 0.1) is 27.6 Å². The summed E-state index contributed by atoms with van der Waals surface area (Å²) in [5.41, 5.74) is 9.13. The molecule has 9 rings (SSSR count). The third-order valence-corrected chi connectivity index (χ3v) is 9.33. The number of nitrogens with zero attached hydrogens (tertiary/aromatic N) is 4. The van der Waals surface area contributed by atoms with Crippen LogP contribution in [0.1, 0.15) is 28.8 Å². The quantitative estimate of drug-likeness (QED) is 0.230. The maximum Gasteiger partial charge on any atom is 0.160 e. The standard InChI is InChI=1S/C35H22N4S/c1-3-10-21(11-4-1)30-33-26-20-23(18-19-24(26)27-15-9-17-29(36-30)39(27)33)35-37-31(22-12-5-2-6-13-22)34-32(38-35)25-14-7-8-16-28(25)40-34/h1-20,30,33H. The minimum absolute atomic E-state index is 0.0305. The van der Waals surface area contributed by atoms with Gasteiger partial charge in [0.15, 0.2) is 5.82 Å². The molecule has 0 spiro atoms. The molecule has 6 aromatic rings. The number of thiophene rings is 1. The average molecular weight is 531 g/mol. The number of amidine groups is 1. The number of hydrogen-bond acceptors (Lipinski definition) is 5. The monoisotopic (exact) mass is 530 g/mol. The van der Waals surface area contributed by atoms with E-state index >= 15 is 0 Å². The molecule has 3 aliphatic heterocycles. The molecule has 0 fully saturated rings. The van der Waals surface area contributed by atoms with E-state index in [4.69, 9.17) is 15.0 Å². The van der Waals surface area contributed by atoms with Gasteiger partial charge in [-0.2, -0.15) is 0 Å². The molecule has 5 heterocycles. The molecule has 0 aliphatic carbocycles. The first kappa shape index (κ1) is 22.0. The maximum absolute atomic E-state index is 5.22. The lowest BCUT2D eigenvalue weighted by Gasteiger charge is -2.25. The number of aromatic nitrogens is 2. The molecule has 2 aromatic heterocycles.